The second-order valence-corrected chi connectivity index (χ2v) is 6.35. The number of carbonyl (C=O) groups is 1. The first-order valence-electron chi connectivity index (χ1n) is 6.30. The van der Waals surface area contributed by atoms with Crippen LogP contribution in [-0.2, 0) is 4.79 Å². The van der Waals surface area contributed by atoms with Gasteiger partial charge in [0.1, 0.15) is 0 Å². The summed E-state index contributed by atoms with van der Waals surface area (Å²) in [4.78, 5) is 12.2. The fourth-order valence-corrected chi connectivity index (χ4v) is 3.49. The molecule has 16 heavy (non-hydrogen) atoms. The second-order valence-electron chi connectivity index (χ2n) is 5.20. The van der Waals surface area contributed by atoms with Crippen LogP contribution < -0.4 is 10.6 Å². The Kier molecular flexibility index (Phi) is 4.14. The Morgan fingerprint density at radius 2 is 2.19 bits per heavy atom. The Hall–Kier alpha value is -0.220. The van der Waals surface area contributed by atoms with Crippen LogP contribution in [0.15, 0.2) is 0 Å². The van der Waals surface area contributed by atoms with Crippen LogP contribution in [0.3, 0.4) is 0 Å². The topological polar surface area (TPSA) is 41.1 Å². The summed E-state index contributed by atoms with van der Waals surface area (Å²) in [5, 5.41) is 6.56. The maximum absolute atomic E-state index is 12.2. The van der Waals surface area contributed by atoms with Crippen molar-refractivity contribution in [3.05, 3.63) is 0 Å². The van der Waals surface area contributed by atoms with Gasteiger partial charge in [-0.2, -0.15) is 11.8 Å². The minimum absolute atomic E-state index is 0.132. The summed E-state index contributed by atoms with van der Waals surface area (Å²) >= 11 is 1.96. The summed E-state index contributed by atoms with van der Waals surface area (Å²) in [5.41, 5.74) is -0.132. The first-order chi connectivity index (χ1) is 7.71. The number of thioether (sulfide) groups is 1. The van der Waals surface area contributed by atoms with Gasteiger partial charge in [0.05, 0.1) is 0 Å². The van der Waals surface area contributed by atoms with E-state index in [2.05, 4.69) is 17.6 Å². The summed E-state index contributed by atoms with van der Waals surface area (Å²) in [5.74, 6) is 2.63. The summed E-state index contributed by atoms with van der Waals surface area (Å²) < 4.78 is 0. The van der Waals surface area contributed by atoms with E-state index in [0.29, 0.717) is 6.04 Å². The molecular formula is C12H22N2OS. The van der Waals surface area contributed by atoms with Crippen LogP contribution in [0.5, 0.6) is 0 Å². The third-order valence-electron chi connectivity index (χ3n) is 3.75. The lowest BCUT2D eigenvalue weighted by Gasteiger charge is -2.34. The fourth-order valence-electron chi connectivity index (χ4n) is 2.42. The molecule has 0 aromatic heterocycles. The van der Waals surface area contributed by atoms with Crippen molar-refractivity contribution >= 4 is 17.7 Å². The number of rotatable bonds is 2. The van der Waals surface area contributed by atoms with Crippen molar-refractivity contribution in [2.75, 3.05) is 24.6 Å². The average molecular weight is 242 g/mol. The zero-order valence-corrected chi connectivity index (χ0v) is 10.9. The molecule has 2 saturated heterocycles. The van der Waals surface area contributed by atoms with E-state index in [1.807, 2.05) is 11.8 Å². The van der Waals surface area contributed by atoms with Gasteiger partial charge < -0.3 is 10.6 Å². The molecule has 1 unspecified atom stereocenters. The maximum atomic E-state index is 12.2. The summed E-state index contributed by atoms with van der Waals surface area (Å²) in [7, 11) is 0. The van der Waals surface area contributed by atoms with Gasteiger partial charge in [0.15, 0.2) is 0 Å². The average Bonchev–Trinajstić information content (AvgIpc) is 2.31. The number of hydrogen-bond acceptors (Lipinski definition) is 3. The molecule has 2 fully saturated rings. The van der Waals surface area contributed by atoms with Crippen LogP contribution in [0.4, 0.5) is 0 Å². The van der Waals surface area contributed by atoms with Crippen molar-refractivity contribution in [3.8, 4) is 0 Å². The molecule has 4 heteroatoms. The molecule has 3 nitrogen and oxygen atoms in total. The van der Waals surface area contributed by atoms with E-state index in [4.69, 9.17) is 0 Å². The zero-order chi connectivity index (χ0) is 11.4. The van der Waals surface area contributed by atoms with Gasteiger partial charge in [0, 0.05) is 17.2 Å². The molecule has 2 heterocycles. The van der Waals surface area contributed by atoms with Gasteiger partial charge in [-0.05, 0) is 44.5 Å². The largest absolute Gasteiger partial charge is 0.352 e. The van der Waals surface area contributed by atoms with Crippen molar-refractivity contribution in [2.45, 2.75) is 38.6 Å². The Labute approximate surface area is 102 Å². The minimum atomic E-state index is -0.132. The molecule has 1 atom stereocenters. The van der Waals surface area contributed by atoms with Crippen molar-refractivity contribution in [1.29, 1.82) is 0 Å². The molecule has 0 aromatic carbocycles. The van der Waals surface area contributed by atoms with Crippen molar-refractivity contribution < 1.29 is 4.79 Å². The van der Waals surface area contributed by atoms with E-state index < -0.39 is 0 Å². The molecule has 0 bridgehead atoms. The predicted octanol–water partition coefficient (Wildman–Crippen LogP) is 1.39. The third kappa shape index (κ3) is 2.92. The second kappa shape index (κ2) is 5.41. The van der Waals surface area contributed by atoms with Gasteiger partial charge in [-0.3, -0.25) is 4.79 Å². The Morgan fingerprint density at radius 1 is 1.44 bits per heavy atom. The highest BCUT2D eigenvalue weighted by molar-refractivity contribution is 7.99. The first kappa shape index (κ1) is 12.2. The number of piperidine rings is 1. The summed E-state index contributed by atoms with van der Waals surface area (Å²) in [6.45, 7) is 4.06. The van der Waals surface area contributed by atoms with E-state index >= 15 is 0 Å². The number of nitrogens with one attached hydrogen (secondary N) is 2. The van der Waals surface area contributed by atoms with E-state index in [9.17, 15) is 4.79 Å². The number of hydrogen-bond donors (Lipinski definition) is 2. The monoisotopic (exact) mass is 242 g/mol. The molecule has 0 aliphatic carbocycles. The summed E-state index contributed by atoms with van der Waals surface area (Å²) in [6, 6.07) is 0.415. The predicted molar refractivity (Wildman–Crippen MR) is 68.7 cm³/mol. The van der Waals surface area contributed by atoms with Gasteiger partial charge in [-0.15, -0.1) is 0 Å². The van der Waals surface area contributed by atoms with Crippen LogP contribution in [-0.4, -0.2) is 36.5 Å². The minimum Gasteiger partial charge on any atom is -0.352 e. The van der Waals surface area contributed by atoms with Gasteiger partial charge in [-0.1, -0.05) is 6.92 Å². The van der Waals surface area contributed by atoms with Crippen molar-refractivity contribution in [2.24, 2.45) is 5.41 Å². The molecule has 2 rings (SSSR count). The van der Waals surface area contributed by atoms with E-state index in [-0.39, 0.29) is 11.3 Å². The number of amides is 1. The molecule has 1 amide bonds. The summed E-state index contributed by atoms with van der Waals surface area (Å²) in [6.07, 6.45) is 4.35. The molecule has 2 N–H and O–H groups in total. The van der Waals surface area contributed by atoms with Crippen molar-refractivity contribution in [3.63, 3.8) is 0 Å². The SMILES string of the molecule is CC1(C(=O)NC2CCCSC2)CCNCC1. The zero-order valence-electron chi connectivity index (χ0n) is 10.1. The quantitative estimate of drug-likeness (QED) is 0.769. The van der Waals surface area contributed by atoms with Crippen LogP contribution in [0.25, 0.3) is 0 Å². The third-order valence-corrected chi connectivity index (χ3v) is 4.97. The van der Waals surface area contributed by atoms with Crippen LogP contribution in [0, 0.1) is 5.41 Å². The highest BCUT2D eigenvalue weighted by Gasteiger charge is 2.35. The smallest absolute Gasteiger partial charge is 0.226 e. The Balaban J connectivity index is 1.85. The van der Waals surface area contributed by atoms with E-state index in [1.165, 1.54) is 12.2 Å². The van der Waals surface area contributed by atoms with E-state index in [1.54, 1.807) is 0 Å². The van der Waals surface area contributed by atoms with Gasteiger partial charge in [-0.25, -0.2) is 0 Å². The first-order valence-corrected chi connectivity index (χ1v) is 7.46. The highest BCUT2D eigenvalue weighted by atomic mass is 32.2. The highest BCUT2D eigenvalue weighted by Crippen LogP contribution is 2.29. The normalized spacial score (nSPS) is 29.7. The molecule has 2 aliphatic heterocycles. The lowest BCUT2D eigenvalue weighted by molar-refractivity contribution is -0.132. The van der Waals surface area contributed by atoms with Crippen LogP contribution >= 0.6 is 11.8 Å². The molecule has 0 saturated carbocycles. The fraction of sp³-hybridized carbons (Fsp3) is 0.917. The Bertz CT molecular complexity index is 245. The van der Waals surface area contributed by atoms with Crippen LogP contribution in [0.1, 0.15) is 32.6 Å². The molecule has 0 aromatic rings. The Morgan fingerprint density at radius 3 is 2.81 bits per heavy atom. The van der Waals surface area contributed by atoms with Crippen molar-refractivity contribution in [1.82, 2.24) is 10.6 Å². The lowest BCUT2D eigenvalue weighted by Crippen LogP contribution is -2.49. The van der Waals surface area contributed by atoms with Crippen LogP contribution in [0.2, 0.25) is 0 Å². The molecule has 0 radical (unpaired) electrons. The lowest BCUT2D eigenvalue weighted by atomic mass is 9.80. The molecule has 0 spiro atoms. The molecule has 2 aliphatic rings. The van der Waals surface area contributed by atoms with Gasteiger partial charge >= 0.3 is 0 Å². The van der Waals surface area contributed by atoms with Gasteiger partial charge in [0.2, 0.25) is 5.91 Å². The maximum Gasteiger partial charge on any atom is 0.226 e. The molecular weight excluding hydrogens is 220 g/mol. The molecule has 92 valence electrons. The van der Waals surface area contributed by atoms with Gasteiger partial charge in [0.25, 0.3) is 0 Å². The van der Waals surface area contributed by atoms with E-state index in [0.717, 1.165) is 38.1 Å². The number of carbonyl (C=O) groups excluding carboxylic acids is 1. The standard InChI is InChI=1S/C12H22N2OS/c1-12(4-6-13-7-5-12)11(15)14-10-3-2-8-16-9-10/h10,13H,2-9H2,1H3,(H,14,15).